The molecule has 0 unspecified atom stereocenters. The van der Waals surface area contributed by atoms with E-state index in [1.54, 1.807) is 7.11 Å². The molecule has 164 valence electrons. The molecule has 2 aromatic carbocycles. The second-order valence-corrected chi connectivity index (χ2v) is 7.70. The molecule has 1 atom stereocenters. The molecule has 7 heteroatoms. The summed E-state index contributed by atoms with van der Waals surface area (Å²) in [6.07, 6.45) is 0.782. The van der Waals surface area contributed by atoms with Gasteiger partial charge < -0.3 is 19.4 Å². The van der Waals surface area contributed by atoms with Gasteiger partial charge in [-0.25, -0.2) is 4.98 Å². The summed E-state index contributed by atoms with van der Waals surface area (Å²) in [6, 6.07) is 16.1. The van der Waals surface area contributed by atoms with Gasteiger partial charge in [0, 0.05) is 26.1 Å². The Morgan fingerprint density at radius 1 is 1.16 bits per heavy atom. The van der Waals surface area contributed by atoms with Crippen LogP contribution >= 0.6 is 0 Å². The zero-order valence-electron chi connectivity index (χ0n) is 18.2. The number of aryl methyl sites for hydroxylation is 1. The van der Waals surface area contributed by atoms with Crippen LogP contribution in [0.25, 0.3) is 11.0 Å². The number of methoxy groups -OCH3 is 1. The fraction of sp³-hybridized carbons (Fsp3) is 0.417. The molecule has 1 saturated heterocycles. The number of nitrogens with one attached hydrogen (secondary N) is 1. The molecule has 1 aliphatic rings. The van der Waals surface area contributed by atoms with Crippen molar-refractivity contribution in [2.75, 3.05) is 40.0 Å². The predicted octanol–water partition coefficient (Wildman–Crippen LogP) is 2.80. The second kappa shape index (κ2) is 9.94. The van der Waals surface area contributed by atoms with E-state index < -0.39 is 0 Å². The van der Waals surface area contributed by atoms with E-state index in [9.17, 15) is 4.79 Å². The molecule has 0 bridgehead atoms. The van der Waals surface area contributed by atoms with Crippen LogP contribution < -0.4 is 10.1 Å². The number of fused-ring (bicyclic) bond motifs is 1. The maximum Gasteiger partial charge on any atom is 0.240 e. The van der Waals surface area contributed by atoms with Crippen molar-refractivity contribution < 1.29 is 14.3 Å². The summed E-state index contributed by atoms with van der Waals surface area (Å²) in [4.78, 5) is 20.0. The predicted molar refractivity (Wildman–Crippen MR) is 120 cm³/mol. The van der Waals surface area contributed by atoms with Crippen LogP contribution in [-0.4, -0.2) is 60.3 Å². The van der Waals surface area contributed by atoms with Gasteiger partial charge in [-0.05, 0) is 29.8 Å². The first-order valence-electron chi connectivity index (χ1n) is 10.9. The van der Waals surface area contributed by atoms with Gasteiger partial charge in [-0.2, -0.15) is 0 Å². The van der Waals surface area contributed by atoms with Crippen LogP contribution in [0.4, 0.5) is 0 Å². The van der Waals surface area contributed by atoms with Crippen LogP contribution in [-0.2, 0) is 22.5 Å². The highest BCUT2D eigenvalue weighted by Crippen LogP contribution is 2.24. The minimum absolute atomic E-state index is 0.00961. The van der Waals surface area contributed by atoms with Gasteiger partial charge >= 0.3 is 0 Å². The summed E-state index contributed by atoms with van der Waals surface area (Å²) in [5, 5.41) is 3.16. The van der Waals surface area contributed by atoms with Crippen molar-refractivity contribution in [3.05, 3.63) is 59.9 Å². The number of amides is 1. The lowest BCUT2D eigenvalue weighted by atomic mass is 10.0. The Bertz CT molecular complexity index is 1010. The number of rotatable bonds is 8. The summed E-state index contributed by atoms with van der Waals surface area (Å²) in [5.74, 6) is 1.74. The maximum absolute atomic E-state index is 12.9. The molecular weight excluding hydrogens is 392 g/mol. The Morgan fingerprint density at radius 3 is 2.61 bits per heavy atom. The highest BCUT2D eigenvalue weighted by molar-refractivity contribution is 5.81. The molecule has 1 fully saturated rings. The van der Waals surface area contributed by atoms with Crippen molar-refractivity contribution in [1.82, 2.24) is 19.8 Å². The fourth-order valence-corrected chi connectivity index (χ4v) is 4.15. The van der Waals surface area contributed by atoms with Crippen molar-refractivity contribution in [2.24, 2.45) is 0 Å². The van der Waals surface area contributed by atoms with Crippen molar-refractivity contribution in [2.45, 2.75) is 25.9 Å². The molecule has 0 radical (unpaired) electrons. The number of hydrogen-bond donors (Lipinski definition) is 1. The normalized spacial score (nSPS) is 15.7. The zero-order chi connectivity index (χ0) is 21.6. The van der Waals surface area contributed by atoms with Gasteiger partial charge in [0.15, 0.2) is 0 Å². The molecule has 31 heavy (non-hydrogen) atoms. The van der Waals surface area contributed by atoms with Gasteiger partial charge in [0.1, 0.15) is 18.1 Å². The van der Waals surface area contributed by atoms with E-state index in [0.717, 1.165) is 47.7 Å². The number of benzene rings is 2. The van der Waals surface area contributed by atoms with Gasteiger partial charge in [-0.15, -0.1) is 0 Å². The van der Waals surface area contributed by atoms with Gasteiger partial charge in [-0.1, -0.05) is 31.2 Å². The van der Waals surface area contributed by atoms with E-state index in [1.807, 2.05) is 41.0 Å². The van der Waals surface area contributed by atoms with Crippen molar-refractivity contribution in [1.29, 1.82) is 0 Å². The number of imidazole rings is 1. The molecule has 0 aliphatic carbocycles. The van der Waals surface area contributed by atoms with Crippen LogP contribution in [0.3, 0.4) is 0 Å². The third kappa shape index (κ3) is 4.89. The first-order valence-corrected chi connectivity index (χ1v) is 10.9. The molecule has 1 N–H and O–H groups in total. The topological polar surface area (TPSA) is 68.6 Å². The molecule has 1 aliphatic heterocycles. The molecule has 3 aromatic rings. The number of ether oxygens (including phenoxy) is 2. The third-order valence-corrected chi connectivity index (χ3v) is 5.83. The Labute approximate surface area is 183 Å². The number of para-hydroxylation sites is 2. The first-order chi connectivity index (χ1) is 15.2. The lowest BCUT2D eigenvalue weighted by Crippen LogP contribution is -2.44. The monoisotopic (exact) mass is 422 g/mol. The number of aromatic nitrogens is 2. The fourth-order valence-electron chi connectivity index (χ4n) is 4.15. The lowest BCUT2D eigenvalue weighted by Gasteiger charge is -2.35. The molecule has 0 saturated carbocycles. The Morgan fingerprint density at radius 2 is 1.90 bits per heavy atom. The number of hydrogen-bond acceptors (Lipinski definition) is 5. The van der Waals surface area contributed by atoms with E-state index in [0.29, 0.717) is 19.8 Å². The van der Waals surface area contributed by atoms with E-state index in [1.165, 1.54) is 0 Å². The molecule has 0 spiro atoms. The van der Waals surface area contributed by atoms with E-state index in [4.69, 9.17) is 9.47 Å². The van der Waals surface area contributed by atoms with Gasteiger partial charge in [0.05, 0.1) is 37.4 Å². The third-order valence-electron chi connectivity index (χ3n) is 5.83. The summed E-state index contributed by atoms with van der Waals surface area (Å²) in [5.41, 5.74) is 3.08. The lowest BCUT2D eigenvalue weighted by molar-refractivity contribution is -0.122. The van der Waals surface area contributed by atoms with E-state index in [2.05, 4.69) is 34.3 Å². The first kappa shape index (κ1) is 21.3. The van der Waals surface area contributed by atoms with Crippen LogP contribution in [0.5, 0.6) is 5.75 Å². The Hall–Kier alpha value is -2.90. The molecule has 7 nitrogen and oxygen atoms in total. The molecule has 1 amide bonds. The van der Waals surface area contributed by atoms with Crippen molar-refractivity contribution >= 4 is 16.9 Å². The summed E-state index contributed by atoms with van der Waals surface area (Å²) >= 11 is 0. The Balaban J connectivity index is 1.48. The van der Waals surface area contributed by atoms with Crippen molar-refractivity contribution in [3.63, 3.8) is 0 Å². The molecule has 4 rings (SSSR count). The summed E-state index contributed by atoms with van der Waals surface area (Å²) < 4.78 is 12.8. The number of carbonyl (C=O) groups excluding carboxylic acids is 1. The zero-order valence-corrected chi connectivity index (χ0v) is 18.2. The molecular formula is C24H30N4O3. The number of carbonyl (C=O) groups is 1. The van der Waals surface area contributed by atoms with Crippen molar-refractivity contribution in [3.8, 4) is 5.75 Å². The maximum atomic E-state index is 12.9. The van der Waals surface area contributed by atoms with Crippen LogP contribution in [0, 0.1) is 0 Å². The highest BCUT2D eigenvalue weighted by Gasteiger charge is 2.23. The average molecular weight is 423 g/mol. The van der Waals surface area contributed by atoms with Gasteiger partial charge in [0.25, 0.3) is 0 Å². The van der Waals surface area contributed by atoms with Gasteiger partial charge in [-0.3, -0.25) is 9.69 Å². The average Bonchev–Trinajstić information content (AvgIpc) is 3.18. The minimum Gasteiger partial charge on any atom is -0.497 e. The number of morpholine rings is 1. The quantitative estimate of drug-likeness (QED) is 0.605. The van der Waals surface area contributed by atoms with Gasteiger partial charge in [0.2, 0.25) is 5.91 Å². The SMILES string of the molecule is CCc1nc2ccccc2n1CC(=O)NC[C@@H](c1ccc(OC)cc1)N1CCOCC1. The minimum atomic E-state index is -0.00961. The summed E-state index contributed by atoms with van der Waals surface area (Å²) in [6.45, 7) is 5.98. The van der Waals surface area contributed by atoms with E-state index in [-0.39, 0.29) is 18.5 Å². The molecule has 1 aromatic heterocycles. The van der Waals surface area contributed by atoms with Crippen LogP contribution in [0.2, 0.25) is 0 Å². The van der Waals surface area contributed by atoms with Crippen LogP contribution in [0.1, 0.15) is 24.4 Å². The number of nitrogens with zero attached hydrogens (tertiary/aromatic N) is 3. The largest absolute Gasteiger partial charge is 0.497 e. The Kier molecular flexibility index (Phi) is 6.84. The smallest absolute Gasteiger partial charge is 0.240 e. The molecule has 2 heterocycles. The van der Waals surface area contributed by atoms with E-state index >= 15 is 0 Å². The second-order valence-electron chi connectivity index (χ2n) is 7.70. The standard InChI is InChI=1S/C24H30N4O3/c1-3-23-26-20-6-4-5-7-21(20)28(23)17-24(29)25-16-22(27-12-14-31-15-13-27)18-8-10-19(30-2)11-9-18/h4-11,22H,3,12-17H2,1-2H3,(H,25,29)/t22-/m0/s1. The highest BCUT2D eigenvalue weighted by atomic mass is 16.5. The summed E-state index contributed by atoms with van der Waals surface area (Å²) in [7, 11) is 1.67. The van der Waals surface area contributed by atoms with Crippen LogP contribution in [0.15, 0.2) is 48.5 Å².